The van der Waals surface area contributed by atoms with Gasteiger partial charge in [0.2, 0.25) is 0 Å². The van der Waals surface area contributed by atoms with E-state index in [1.54, 1.807) is 0 Å². The fraction of sp³-hybridized carbons (Fsp3) is 0.257. The average molecular weight is 934 g/mol. The molecule has 0 aliphatic heterocycles. The summed E-state index contributed by atoms with van der Waals surface area (Å²) >= 11 is 0. The van der Waals surface area contributed by atoms with Crippen molar-refractivity contribution >= 4 is 10.8 Å². The van der Waals surface area contributed by atoms with Crippen molar-refractivity contribution in [2.45, 2.75) is 123 Å². The lowest BCUT2D eigenvalue weighted by molar-refractivity contribution is 0.767. The molecule has 0 saturated heterocycles. The highest BCUT2D eigenvalue weighted by atomic mass is 14.5. The van der Waals surface area contributed by atoms with Crippen molar-refractivity contribution in [3.8, 4) is 11.1 Å². The lowest BCUT2D eigenvalue weighted by atomic mass is 9.67. The predicted molar refractivity (Wildman–Crippen MR) is 321 cm³/mol. The molecular weight excluding hydrogens is 841 g/mol. The van der Waals surface area contributed by atoms with E-state index in [0.29, 0.717) is 0 Å². The molecule has 0 nitrogen and oxygen atoms in total. The van der Waals surface area contributed by atoms with Crippen LogP contribution in [0.3, 0.4) is 0 Å². The molecule has 0 spiro atoms. The monoisotopic (exact) mass is 933 g/mol. The Morgan fingerprint density at radius 2 is 0.429 bits per heavy atom. The number of benzene rings is 9. The summed E-state index contributed by atoms with van der Waals surface area (Å²) in [6.45, 7) is 32.6. The Labute approximate surface area is 430 Å². The van der Waals surface area contributed by atoms with Crippen LogP contribution in [0.5, 0.6) is 0 Å². The van der Waals surface area contributed by atoms with E-state index in [9.17, 15) is 0 Å². The normalized spacial score (nSPS) is 9.60. The molecule has 10 rings (SSSR count). The van der Waals surface area contributed by atoms with Crippen molar-refractivity contribution in [2.75, 3.05) is 0 Å². The molecule has 1 aliphatic rings. The van der Waals surface area contributed by atoms with Crippen molar-refractivity contribution < 1.29 is 0 Å². The molecule has 0 amide bonds. The number of aryl methyl sites for hydroxylation is 2. The highest BCUT2D eigenvalue weighted by Crippen LogP contribution is 2.55. The molecule has 9 aromatic carbocycles. The van der Waals surface area contributed by atoms with Crippen LogP contribution in [0, 0.1) is 13.8 Å². The molecule has 0 fully saturated rings. The Morgan fingerprint density at radius 3 is 0.643 bits per heavy atom. The van der Waals surface area contributed by atoms with Crippen LogP contribution in [0.1, 0.15) is 137 Å². The molecule has 0 heterocycles. The molecule has 0 saturated carbocycles. The lowest BCUT2D eigenvalue weighted by Gasteiger charge is -2.34. The van der Waals surface area contributed by atoms with Crippen LogP contribution in [0.25, 0.3) is 21.9 Å². The summed E-state index contributed by atoms with van der Waals surface area (Å²) in [5.74, 6) is 0. The second kappa shape index (κ2) is 44.7. The SMILES string of the molecule is CC.CC.CC.CC.CC.CC.CCC.Cc1ccc(C2(c3ccc(C)cc3)c3ccccc3-c3ccccc32)cc1.c1ccc2ccccc2c1.c1ccccc1.c1ccccc1.c1ccccc1. The van der Waals surface area contributed by atoms with Crippen molar-refractivity contribution in [2.24, 2.45) is 0 Å². The van der Waals surface area contributed by atoms with Gasteiger partial charge in [0.1, 0.15) is 0 Å². The molecule has 70 heavy (non-hydrogen) atoms. The molecule has 0 N–H and O–H groups in total. The molecular formula is C70H92. The zero-order valence-corrected chi connectivity index (χ0v) is 46.5. The summed E-state index contributed by atoms with van der Waals surface area (Å²) in [6, 6.07) is 88.6. The summed E-state index contributed by atoms with van der Waals surface area (Å²) in [5, 5.41) is 2.62. The van der Waals surface area contributed by atoms with E-state index in [1.165, 1.54) is 61.7 Å². The van der Waals surface area contributed by atoms with E-state index in [1.807, 2.05) is 192 Å². The van der Waals surface area contributed by atoms with Gasteiger partial charge in [0.15, 0.2) is 0 Å². The number of rotatable bonds is 2. The van der Waals surface area contributed by atoms with Crippen LogP contribution >= 0.6 is 0 Å². The molecule has 0 bridgehead atoms. The third kappa shape index (κ3) is 22.6. The largest absolute Gasteiger partial charge is 0.0713 e. The van der Waals surface area contributed by atoms with Crippen LogP contribution in [0.15, 0.2) is 255 Å². The first-order valence-corrected chi connectivity index (χ1v) is 26.4. The van der Waals surface area contributed by atoms with Gasteiger partial charge in [-0.25, -0.2) is 0 Å². The smallest absolute Gasteiger partial charge is 0.0683 e. The van der Waals surface area contributed by atoms with Gasteiger partial charge in [0.05, 0.1) is 5.41 Å². The fourth-order valence-corrected chi connectivity index (χ4v) is 6.92. The zero-order valence-electron chi connectivity index (χ0n) is 46.5. The molecule has 0 unspecified atom stereocenters. The minimum atomic E-state index is -0.269. The van der Waals surface area contributed by atoms with Crippen LogP contribution in [0.2, 0.25) is 0 Å². The van der Waals surface area contributed by atoms with E-state index in [2.05, 4.69) is 173 Å². The Morgan fingerprint density at radius 1 is 0.243 bits per heavy atom. The maximum absolute atomic E-state index is 2.30. The van der Waals surface area contributed by atoms with Gasteiger partial charge in [-0.15, -0.1) is 0 Å². The minimum Gasteiger partial charge on any atom is -0.0683 e. The van der Waals surface area contributed by atoms with E-state index in [0.717, 1.165) is 0 Å². The average Bonchev–Trinajstić information content (AvgIpc) is 3.78. The first-order valence-electron chi connectivity index (χ1n) is 26.4. The highest BCUT2D eigenvalue weighted by Gasteiger charge is 2.45. The summed E-state index contributed by atoms with van der Waals surface area (Å²) in [6.07, 6.45) is 1.25. The van der Waals surface area contributed by atoms with Gasteiger partial charge in [-0.1, -0.05) is 369 Å². The molecule has 0 atom stereocenters. The molecule has 0 heteroatoms. The maximum atomic E-state index is 2.30. The predicted octanol–water partition coefficient (Wildman–Crippen LogP) is 22.1. The standard InChI is InChI=1S/C27H22.C10H8.3C6H6.C3H8.6C2H6/c1-19-11-15-21(16-12-19)27(22-17-13-20(2)14-18-22)25-9-5-3-7-23(25)24-8-4-6-10-26(24)27;1-2-6-10-8-4-3-7-9(10)5-1;3*1-2-4-6-5-3-1;1-3-2;6*1-2/h3-18H,1-2H3;1-8H;3*1-6H;3H2,1-2H3;6*1-2H3. The second-order valence-corrected chi connectivity index (χ2v) is 14.1. The van der Waals surface area contributed by atoms with E-state index < -0.39 is 0 Å². The van der Waals surface area contributed by atoms with Gasteiger partial charge in [-0.3, -0.25) is 0 Å². The molecule has 372 valence electrons. The van der Waals surface area contributed by atoms with Crippen molar-refractivity contribution in [3.63, 3.8) is 0 Å². The van der Waals surface area contributed by atoms with Crippen LogP contribution < -0.4 is 0 Å². The zero-order chi connectivity index (χ0) is 52.7. The number of fused-ring (bicyclic) bond motifs is 4. The Hall–Kier alpha value is -6.76. The van der Waals surface area contributed by atoms with E-state index >= 15 is 0 Å². The highest BCUT2D eigenvalue weighted by molar-refractivity contribution is 5.86. The molecule has 0 aromatic heterocycles. The maximum Gasteiger partial charge on any atom is 0.0713 e. The second-order valence-electron chi connectivity index (χ2n) is 14.1. The molecule has 0 radical (unpaired) electrons. The number of hydrogen-bond acceptors (Lipinski definition) is 0. The number of hydrogen-bond donors (Lipinski definition) is 0. The first kappa shape index (κ1) is 65.3. The Bertz CT molecular complexity index is 2120. The fourth-order valence-electron chi connectivity index (χ4n) is 6.92. The minimum absolute atomic E-state index is 0.269. The lowest BCUT2D eigenvalue weighted by Crippen LogP contribution is -2.28. The van der Waals surface area contributed by atoms with Crippen LogP contribution in [-0.2, 0) is 5.41 Å². The Kier molecular flexibility index (Phi) is 41.7. The van der Waals surface area contributed by atoms with Gasteiger partial charge in [0, 0.05) is 0 Å². The summed E-state index contributed by atoms with van der Waals surface area (Å²) in [5.41, 5.74) is 10.4. The van der Waals surface area contributed by atoms with Gasteiger partial charge >= 0.3 is 0 Å². The summed E-state index contributed by atoms with van der Waals surface area (Å²) in [4.78, 5) is 0. The van der Waals surface area contributed by atoms with Gasteiger partial charge in [-0.2, -0.15) is 0 Å². The molecule has 9 aromatic rings. The van der Waals surface area contributed by atoms with E-state index in [-0.39, 0.29) is 5.41 Å². The van der Waals surface area contributed by atoms with Gasteiger partial charge in [0.25, 0.3) is 0 Å². The first-order chi connectivity index (χ1) is 34.6. The summed E-state index contributed by atoms with van der Waals surface area (Å²) in [7, 11) is 0. The topological polar surface area (TPSA) is 0 Å². The van der Waals surface area contributed by atoms with Gasteiger partial charge in [-0.05, 0) is 58.0 Å². The van der Waals surface area contributed by atoms with Crippen molar-refractivity contribution in [3.05, 3.63) is 288 Å². The quantitative estimate of drug-likeness (QED) is 0.162. The van der Waals surface area contributed by atoms with E-state index in [4.69, 9.17) is 0 Å². The summed E-state index contributed by atoms with van der Waals surface area (Å²) < 4.78 is 0. The Balaban J connectivity index is 0. The van der Waals surface area contributed by atoms with Crippen LogP contribution in [-0.4, -0.2) is 0 Å². The van der Waals surface area contributed by atoms with Crippen molar-refractivity contribution in [1.29, 1.82) is 0 Å². The van der Waals surface area contributed by atoms with Crippen LogP contribution in [0.4, 0.5) is 0 Å². The van der Waals surface area contributed by atoms with Crippen molar-refractivity contribution in [1.82, 2.24) is 0 Å². The third-order valence-corrected chi connectivity index (χ3v) is 9.58. The molecule has 1 aliphatic carbocycles. The van der Waals surface area contributed by atoms with Gasteiger partial charge < -0.3 is 0 Å². The third-order valence-electron chi connectivity index (χ3n) is 9.58.